The molecule has 0 bridgehead atoms. The number of hydrogen-bond acceptors (Lipinski definition) is 4. The van der Waals surface area contributed by atoms with E-state index in [4.69, 9.17) is 11.6 Å². The highest BCUT2D eigenvalue weighted by Gasteiger charge is 2.05. The fourth-order valence-electron chi connectivity index (χ4n) is 2.73. The third kappa shape index (κ3) is 2.79. The van der Waals surface area contributed by atoms with Crippen LogP contribution in [-0.4, -0.2) is 16.4 Å². The van der Waals surface area contributed by atoms with E-state index in [1.807, 2.05) is 30.5 Å². The summed E-state index contributed by atoms with van der Waals surface area (Å²) in [5.41, 5.74) is 3.95. The number of hydrazone groups is 1. The Balaban J connectivity index is 1.78. The summed E-state index contributed by atoms with van der Waals surface area (Å²) in [6, 6.07) is 22.2. The quantitative estimate of drug-likeness (QED) is 0.330. The number of benzene rings is 3. The van der Waals surface area contributed by atoms with Crippen molar-refractivity contribution in [1.29, 1.82) is 0 Å². The summed E-state index contributed by atoms with van der Waals surface area (Å²) >= 11 is 5.73. The molecule has 1 aromatic heterocycles. The van der Waals surface area contributed by atoms with Crippen molar-refractivity contribution < 1.29 is 0 Å². The number of nitrogens with one attached hydrogen (secondary N) is 1. The van der Waals surface area contributed by atoms with Gasteiger partial charge in [0.05, 0.1) is 6.21 Å². The summed E-state index contributed by atoms with van der Waals surface area (Å²) < 4.78 is 0. The van der Waals surface area contributed by atoms with Crippen molar-refractivity contribution in [3.8, 4) is 0 Å². The van der Waals surface area contributed by atoms with Gasteiger partial charge in [-0.15, -0.1) is 10.2 Å². The molecule has 0 spiro atoms. The smallest absolute Gasteiger partial charge is 0.168 e. The second-order valence-corrected chi connectivity index (χ2v) is 5.73. The predicted molar refractivity (Wildman–Crippen MR) is 99.7 cm³/mol. The molecule has 0 amide bonds. The normalized spacial score (nSPS) is 11.4. The van der Waals surface area contributed by atoms with Crippen LogP contribution in [0.2, 0.25) is 5.15 Å². The highest BCUT2D eigenvalue weighted by molar-refractivity contribution is 6.29. The summed E-state index contributed by atoms with van der Waals surface area (Å²) in [4.78, 5) is 0. The maximum Gasteiger partial charge on any atom is 0.168 e. The Kier molecular flexibility index (Phi) is 3.81. The summed E-state index contributed by atoms with van der Waals surface area (Å²) in [7, 11) is 0. The zero-order valence-electron chi connectivity index (χ0n) is 12.6. The Morgan fingerprint density at radius 3 is 2.12 bits per heavy atom. The molecule has 4 aromatic rings. The molecule has 0 fully saturated rings. The van der Waals surface area contributed by atoms with E-state index < -0.39 is 0 Å². The minimum atomic E-state index is 0.351. The Hall–Kier alpha value is -2.98. The summed E-state index contributed by atoms with van der Waals surface area (Å²) in [6.07, 6.45) is 1.82. The fourth-order valence-corrected chi connectivity index (χ4v) is 2.83. The van der Waals surface area contributed by atoms with Crippen LogP contribution in [0.4, 0.5) is 5.82 Å². The van der Waals surface area contributed by atoms with Gasteiger partial charge in [0.25, 0.3) is 0 Å². The second kappa shape index (κ2) is 6.26. The van der Waals surface area contributed by atoms with Crippen molar-refractivity contribution in [3.63, 3.8) is 0 Å². The van der Waals surface area contributed by atoms with Gasteiger partial charge in [0.1, 0.15) is 0 Å². The number of halogens is 1. The minimum absolute atomic E-state index is 0.351. The van der Waals surface area contributed by atoms with Gasteiger partial charge in [-0.1, -0.05) is 60.1 Å². The molecule has 116 valence electrons. The maximum atomic E-state index is 5.73. The number of aromatic nitrogens is 2. The molecule has 0 unspecified atom stereocenters. The van der Waals surface area contributed by atoms with Crippen molar-refractivity contribution in [2.75, 3.05) is 5.43 Å². The van der Waals surface area contributed by atoms with E-state index in [0.717, 1.165) is 16.3 Å². The molecule has 24 heavy (non-hydrogen) atoms. The number of fused-ring (bicyclic) bond motifs is 2. The van der Waals surface area contributed by atoms with Crippen molar-refractivity contribution in [3.05, 3.63) is 77.4 Å². The Morgan fingerprint density at radius 2 is 1.50 bits per heavy atom. The van der Waals surface area contributed by atoms with Crippen molar-refractivity contribution in [1.82, 2.24) is 10.2 Å². The zero-order chi connectivity index (χ0) is 16.4. The van der Waals surface area contributed by atoms with Gasteiger partial charge in [0, 0.05) is 5.56 Å². The summed E-state index contributed by atoms with van der Waals surface area (Å²) in [5, 5.41) is 17.1. The van der Waals surface area contributed by atoms with Gasteiger partial charge in [0.2, 0.25) is 0 Å². The first kappa shape index (κ1) is 14.6. The molecule has 0 saturated carbocycles. The van der Waals surface area contributed by atoms with Crippen LogP contribution in [0.3, 0.4) is 0 Å². The van der Waals surface area contributed by atoms with Gasteiger partial charge in [-0.3, -0.25) is 5.43 Å². The van der Waals surface area contributed by atoms with E-state index >= 15 is 0 Å². The van der Waals surface area contributed by atoms with E-state index in [1.54, 1.807) is 12.1 Å². The van der Waals surface area contributed by atoms with Gasteiger partial charge >= 0.3 is 0 Å². The molecule has 0 aliphatic rings. The fraction of sp³-hybridized carbons (Fsp3) is 0. The molecule has 4 nitrogen and oxygen atoms in total. The second-order valence-electron chi connectivity index (χ2n) is 5.34. The number of anilines is 1. The third-order valence-electron chi connectivity index (χ3n) is 3.82. The third-order valence-corrected chi connectivity index (χ3v) is 4.02. The zero-order valence-corrected chi connectivity index (χ0v) is 13.4. The molecular formula is C19H13ClN4. The predicted octanol–water partition coefficient (Wildman–Crippen LogP) is 4.88. The van der Waals surface area contributed by atoms with E-state index in [0.29, 0.717) is 11.0 Å². The highest BCUT2D eigenvalue weighted by atomic mass is 35.5. The van der Waals surface area contributed by atoms with Crippen LogP contribution < -0.4 is 5.43 Å². The molecule has 4 rings (SSSR count). The molecule has 3 aromatic carbocycles. The lowest BCUT2D eigenvalue weighted by molar-refractivity contribution is 1.02. The first-order valence-corrected chi connectivity index (χ1v) is 7.88. The van der Waals surface area contributed by atoms with Gasteiger partial charge in [-0.2, -0.15) is 5.10 Å². The Morgan fingerprint density at radius 1 is 0.833 bits per heavy atom. The van der Waals surface area contributed by atoms with Crippen LogP contribution in [0, 0.1) is 0 Å². The van der Waals surface area contributed by atoms with E-state index in [9.17, 15) is 0 Å². The highest BCUT2D eigenvalue weighted by Crippen LogP contribution is 2.27. The SMILES string of the molecule is Clc1ccc(NN=Cc2c3ccccc3cc3ccccc23)nn1. The van der Waals surface area contributed by atoms with Crippen LogP contribution >= 0.6 is 11.6 Å². The molecule has 5 heteroatoms. The van der Waals surface area contributed by atoms with Crippen LogP contribution in [0.5, 0.6) is 0 Å². The number of nitrogens with zero attached hydrogens (tertiary/aromatic N) is 3. The van der Waals surface area contributed by atoms with Gasteiger partial charge in [0.15, 0.2) is 11.0 Å². The first-order valence-electron chi connectivity index (χ1n) is 7.50. The Bertz CT molecular complexity index is 988. The molecule has 1 N–H and O–H groups in total. The summed E-state index contributed by atoms with van der Waals surface area (Å²) in [6.45, 7) is 0. The number of hydrogen-bond donors (Lipinski definition) is 1. The molecule has 0 atom stereocenters. The van der Waals surface area contributed by atoms with Crippen molar-refractivity contribution in [2.24, 2.45) is 5.10 Å². The van der Waals surface area contributed by atoms with Crippen LogP contribution in [-0.2, 0) is 0 Å². The minimum Gasteiger partial charge on any atom is -0.260 e. The molecule has 0 aliphatic heterocycles. The lowest BCUT2D eigenvalue weighted by Gasteiger charge is -2.07. The van der Waals surface area contributed by atoms with Crippen LogP contribution in [0.15, 0.2) is 71.8 Å². The van der Waals surface area contributed by atoms with Crippen LogP contribution in [0.1, 0.15) is 5.56 Å². The molecule has 1 heterocycles. The van der Waals surface area contributed by atoms with Gasteiger partial charge < -0.3 is 0 Å². The van der Waals surface area contributed by atoms with E-state index in [1.165, 1.54) is 10.8 Å². The average Bonchev–Trinajstić information content (AvgIpc) is 2.63. The topological polar surface area (TPSA) is 50.2 Å². The number of rotatable bonds is 3. The monoisotopic (exact) mass is 332 g/mol. The lowest BCUT2D eigenvalue weighted by Crippen LogP contribution is -1.96. The van der Waals surface area contributed by atoms with Gasteiger partial charge in [-0.05, 0) is 39.7 Å². The largest absolute Gasteiger partial charge is 0.260 e. The average molecular weight is 333 g/mol. The summed E-state index contributed by atoms with van der Waals surface area (Å²) in [5.74, 6) is 0.542. The molecule has 0 aliphatic carbocycles. The molecular weight excluding hydrogens is 320 g/mol. The maximum absolute atomic E-state index is 5.73. The van der Waals surface area contributed by atoms with Crippen molar-refractivity contribution >= 4 is 45.2 Å². The van der Waals surface area contributed by atoms with E-state index in [2.05, 4.69) is 51.1 Å². The first-order chi connectivity index (χ1) is 11.8. The van der Waals surface area contributed by atoms with Gasteiger partial charge in [-0.25, -0.2) is 0 Å². The van der Waals surface area contributed by atoms with E-state index in [-0.39, 0.29) is 0 Å². The molecule has 0 radical (unpaired) electrons. The standard InChI is InChI=1S/C19H13ClN4/c20-18-9-10-19(24-22-18)23-21-12-17-15-7-3-1-5-13(15)11-14-6-2-4-8-16(14)17/h1-12H,(H,23,24). The Labute approximate surface area is 143 Å². The lowest BCUT2D eigenvalue weighted by atomic mass is 9.97. The molecule has 0 saturated heterocycles. The van der Waals surface area contributed by atoms with Crippen molar-refractivity contribution in [2.45, 2.75) is 0 Å². The van der Waals surface area contributed by atoms with Crippen LogP contribution in [0.25, 0.3) is 21.5 Å².